The van der Waals surface area contributed by atoms with Crippen LogP contribution in [-0.2, 0) is 11.2 Å². The Labute approximate surface area is 133 Å². The minimum absolute atomic E-state index is 0.0974. The molecule has 116 valence electrons. The topological polar surface area (TPSA) is 29.1 Å². The van der Waals surface area contributed by atoms with Crippen molar-refractivity contribution in [1.29, 1.82) is 0 Å². The molecule has 0 unspecified atom stereocenters. The number of aryl methyl sites for hydroxylation is 2. The second kappa shape index (κ2) is 7.79. The normalized spacial score (nSPS) is 10.7. The molecule has 0 bridgehead atoms. The lowest BCUT2D eigenvalue weighted by Gasteiger charge is -2.13. The molecule has 0 aromatic heterocycles. The molecule has 2 nitrogen and oxygen atoms in total. The Morgan fingerprint density at radius 1 is 1.05 bits per heavy atom. The number of rotatable bonds is 6. The molecule has 1 N–H and O–H groups in total. The molecule has 0 saturated heterocycles. The Morgan fingerprint density at radius 2 is 1.73 bits per heavy atom. The number of anilines is 1. The van der Waals surface area contributed by atoms with Crippen LogP contribution in [0.1, 0.15) is 49.3 Å². The van der Waals surface area contributed by atoms with Crippen LogP contribution in [0.3, 0.4) is 0 Å². The minimum atomic E-state index is 0.0974. The number of amides is 1. The number of benzene rings is 2. The lowest BCUT2D eigenvalue weighted by atomic mass is 10.0. The fraction of sp³-hybridized carbons (Fsp3) is 0.350. The average molecular weight is 295 g/mol. The van der Waals surface area contributed by atoms with Crippen LogP contribution in [0.15, 0.2) is 48.5 Å². The molecular weight excluding hydrogens is 270 g/mol. The highest BCUT2D eigenvalue weighted by Gasteiger charge is 2.08. The molecule has 2 rings (SSSR count). The molecule has 0 heterocycles. The number of para-hydroxylation sites is 1. The maximum absolute atomic E-state index is 12.1. The third-order valence-electron chi connectivity index (χ3n) is 3.85. The van der Waals surface area contributed by atoms with Gasteiger partial charge in [-0.2, -0.15) is 0 Å². The molecule has 0 saturated carbocycles. The van der Waals surface area contributed by atoms with Crippen molar-refractivity contribution in [3.8, 4) is 0 Å². The summed E-state index contributed by atoms with van der Waals surface area (Å²) in [6.45, 7) is 6.37. The first kappa shape index (κ1) is 16.3. The van der Waals surface area contributed by atoms with Gasteiger partial charge in [-0.3, -0.25) is 4.79 Å². The molecule has 0 aliphatic carbocycles. The molecule has 0 spiro atoms. The predicted octanol–water partition coefficient (Wildman–Crippen LogP) is 5.08. The van der Waals surface area contributed by atoms with Crippen LogP contribution in [0.25, 0.3) is 0 Å². The Hall–Kier alpha value is -2.09. The highest BCUT2D eigenvalue weighted by atomic mass is 16.1. The van der Waals surface area contributed by atoms with E-state index in [0.29, 0.717) is 12.3 Å². The molecule has 0 fully saturated rings. The SMILES string of the molecule is Cc1ccc(CCCC(=O)Nc2ccccc2C(C)C)cc1. The average Bonchev–Trinajstić information content (AvgIpc) is 2.49. The first-order chi connectivity index (χ1) is 10.6. The molecular formula is C20H25NO. The summed E-state index contributed by atoms with van der Waals surface area (Å²) in [4.78, 5) is 12.1. The smallest absolute Gasteiger partial charge is 0.224 e. The minimum Gasteiger partial charge on any atom is -0.326 e. The van der Waals surface area contributed by atoms with Crippen molar-refractivity contribution in [2.24, 2.45) is 0 Å². The number of carbonyl (C=O) groups is 1. The van der Waals surface area contributed by atoms with Crippen LogP contribution >= 0.6 is 0 Å². The largest absolute Gasteiger partial charge is 0.326 e. The first-order valence-electron chi connectivity index (χ1n) is 8.00. The highest BCUT2D eigenvalue weighted by Crippen LogP contribution is 2.23. The van der Waals surface area contributed by atoms with Crippen LogP contribution in [-0.4, -0.2) is 5.91 Å². The maximum atomic E-state index is 12.1. The first-order valence-corrected chi connectivity index (χ1v) is 8.00. The monoisotopic (exact) mass is 295 g/mol. The lowest BCUT2D eigenvalue weighted by molar-refractivity contribution is -0.116. The van der Waals surface area contributed by atoms with Gasteiger partial charge in [-0.15, -0.1) is 0 Å². The van der Waals surface area contributed by atoms with E-state index < -0.39 is 0 Å². The van der Waals surface area contributed by atoms with Crippen molar-refractivity contribution in [3.05, 3.63) is 65.2 Å². The van der Waals surface area contributed by atoms with Crippen LogP contribution in [0.2, 0.25) is 0 Å². The van der Waals surface area contributed by atoms with Crippen LogP contribution in [0.5, 0.6) is 0 Å². The van der Waals surface area contributed by atoms with Gasteiger partial charge >= 0.3 is 0 Å². The fourth-order valence-electron chi connectivity index (χ4n) is 2.53. The zero-order chi connectivity index (χ0) is 15.9. The van der Waals surface area contributed by atoms with E-state index in [-0.39, 0.29) is 5.91 Å². The summed E-state index contributed by atoms with van der Waals surface area (Å²) < 4.78 is 0. The standard InChI is InChI=1S/C20H25NO/c1-15(2)18-8-4-5-9-19(18)21-20(22)10-6-7-17-13-11-16(3)12-14-17/h4-5,8-9,11-15H,6-7,10H2,1-3H3,(H,21,22). The molecule has 22 heavy (non-hydrogen) atoms. The molecule has 2 aromatic carbocycles. The van der Waals surface area contributed by atoms with Gasteiger partial charge in [0.15, 0.2) is 0 Å². The number of hydrogen-bond acceptors (Lipinski definition) is 1. The Bertz CT molecular complexity index is 614. The summed E-state index contributed by atoms with van der Waals surface area (Å²) in [6, 6.07) is 16.6. The zero-order valence-electron chi connectivity index (χ0n) is 13.7. The quantitative estimate of drug-likeness (QED) is 0.791. The second-order valence-electron chi connectivity index (χ2n) is 6.13. The third kappa shape index (κ3) is 4.73. The predicted molar refractivity (Wildman–Crippen MR) is 93.3 cm³/mol. The van der Waals surface area contributed by atoms with Gasteiger partial charge in [0.2, 0.25) is 5.91 Å². The van der Waals surface area contributed by atoms with Crippen molar-refractivity contribution in [2.75, 3.05) is 5.32 Å². The Balaban J connectivity index is 1.84. The van der Waals surface area contributed by atoms with E-state index in [2.05, 4.69) is 56.4 Å². The summed E-state index contributed by atoms with van der Waals surface area (Å²) in [5.74, 6) is 0.504. The van der Waals surface area contributed by atoms with Gasteiger partial charge in [0, 0.05) is 12.1 Å². The van der Waals surface area contributed by atoms with Crippen LogP contribution in [0.4, 0.5) is 5.69 Å². The van der Waals surface area contributed by atoms with E-state index in [1.54, 1.807) is 0 Å². The van der Waals surface area contributed by atoms with Crippen LogP contribution < -0.4 is 5.32 Å². The van der Waals surface area contributed by atoms with Gasteiger partial charge in [0.1, 0.15) is 0 Å². The van der Waals surface area contributed by atoms with E-state index in [4.69, 9.17) is 0 Å². The summed E-state index contributed by atoms with van der Waals surface area (Å²) >= 11 is 0. The van der Waals surface area contributed by atoms with E-state index in [0.717, 1.165) is 18.5 Å². The Morgan fingerprint density at radius 3 is 2.41 bits per heavy atom. The van der Waals surface area contributed by atoms with Crippen molar-refractivity contribution in [1.82, 2.24) is 0 Å². The van der Waals surface area contributed by atoms with Crippen molar-refractivity contribution in [2.45, 2.75) is 46.0 Å². The van der Waals surface area contributed by atoms with Gasteiger partial charge < -0.3 is 5.32 Å². The third-order valence-corrected chi connectivity index (χ3v) is 3.85. The molecule has 1 amide bonds. The maximum Gasteiger partial charge on any atom is 0.224 e. The molecule has 2 aromatic rings. The molecule has 0 radical (unpaired) electrons. The van der Waals surface area contributed by atoms with Gasteiger partial charge in [-0.1, -0.05) is 61.9 Å². The number of carbonyl (C=O) groups excluding carboxylic acids is 1. The van der Waals surface area contributed by atoms with Gasteiger partial charge in [-0.25, -0.2) is 0 Å². The summed E-state index contributed by atoms with van der Waals surface area (Å²) in [6.07, 6.45) is 2.37. The van der Waals surface area contributed by atoms with E-state index >= 15 is 0 Å². The van der Waals surface area contributed by atoms with Crippen molar-refractivity contribution < 1.29 is 4.79 Å². The summed E-state index contributed by atoms with van der Waals surface area (Å²) in [5.41, 5.74) is 4.69. The number of hydrogen-bond donors (Lipinski definition) is 1. The van der Waals surface area contributed by atoms with Gasteiger partial charge in [0.25, 0.3) is 0 Å². The molecule has 0 aliphatic rings. The number of nitrogens with one attached hydrogen (secondary N) is 1. The van der Waals surface area contributed by atoms with E-state index in [9.17, 15) is 4.79 Å². The molecule has 0 atom stereocenters. The van der Waals surface area contributed by atoms with Crippen molar-refractivity contribution in [3.63, 3.8) is 0 Å². The van der Waals surface area contributed by atoms with E-state index in [1.165, 1.54) is 16.7 Å². The molecule has 0 aliphatic heterocycles. The van der Waals surface area contributed by atoms with Crippen molar-refractivity contribution >= 4 is 11.6 Å². The Kier molecular flexibility index (Phi) is 5.76. The molecule has 2 heteroatoms. The van der Waals surface area contributed by atoms with Gasteiger partial charge in [-0.05, 0) is 42.9 Å². The summed E-state index contributed by atoms with van der Waals surface area (Å²) in [5, 5.41) is 3.05. The highest BCUT2D eigenvalue weighted by molar-refractivity contribution is 5.91. The second-order valence-corrected chi connectivity index (χ2v) is 6.13. The lowest BCUT2D eigenvalue weighted by Crippen LogP contribution is -2.13. The fourth-order valence-corrected chi connectivity index (χ4v) is 2.53. The van der Waals surface area contributed by atoms with Gasteiger partial charge in [0.05, 0.1) is 0 Å². The zero-order valence-corrected chi connectivity index (χ0v) is 13.7. The van der Waals surface area contributed by atoms with Crippen LogP contribution in [0, 0.1) is 6.92 Å². The van der Waals surface area contributed by atoms with E-state index in [1.807, 2.05) is 18.2 Å². The summed E-state index contributed by atoms with van der Waals surface area (Å²) in [7, 11) is 0.